The van der Waals surface area contributed by atoms with E-state index in [4.69, 9.17) is 9.47 Å². The van der Waals surface area contributed by atoms with Gasteiger partial charge in [-0.05, 0) is 57.8 Å². The van der Waals surface area contributed by atoms with E-state index in [2.05, 4.69) is 55.6 Å². The molecule has 9 nitrogen and oxygen atoms in total. The second-order valence-corrected chi connectivity index (χ2v) is 21.1. The fourth-order valence-electron chi connectivity index (χ4n) is 9.58. The van der Waals surface area contributed by atoms with Crippen LogP contribution in [-0.4, -0.2) is 87.5 Å². The second kappa shape index (κ2) is 51.6. The molecule has 0 saturated carbocycles. The Hall–Kier alpha value is -1.85. The van der Waals surface area contributed by atoms with Gasteiger partial charge in [-0.3, -0.25) is 4.79 Å². The molecule has 1 aliphatic rings. The van der Waals surface area contributed by atoms with Crippen LogP contribution in [0.4, 0.5) is 0 Å². The molecule has 0 aromatic rings. The van der Waals surface area contributed by atoms with Crippen LogP contribution in [0.15, 0.2) is 48.6 Å². The highest BCUT2D eigenvalue weighted by Crippen LogP contribution is 2.23. The summed E-state index contributed by atoms with van der Waals surface area (Å²) in [6, 6.07) is -0.804. The third-order valence-corrected chi connectivity index (χ3v) is 14.4. The van der Waals surface area contributed by atoms with E-state index in [1.165, 1.54) is 212 Å². The number of nitrogens with one attached hydrogen (secondary N) is 1. The third kappa shape index (κ3) is 41.1. The Morgan fingerprint density at radius 3 is 1.23 bits per heavy atom. The molecule has 0 aliphatic carbocycles. The highest BCUT2D eigenvalue weighted by Gasteiger charge is 2.44. The van der Waals surface area contributed by atoms with E-state index < -0.39 is 49.5 Å². The molecular formula is C62H115NO8. The molecule has 1 aliphatic heterocycles. The Kier molecular flexibility index (Phi) is 48.8. The summed E-state index contributed by atoms with van der Waals surface area (Å²) in [6.07, 6.45) is 61.9. The maximum absolute atomic E-state index is 13.1. The lowest BCUT2D eigenvalue weighted by molar-refractivity contribution is -0.302. The quantitative estimate of drug-likeness (QED) is 0.0261. The molecule has 0 bridgehead atoms. The lowest BCUT2D eigenvalue weighted by Crippen LogP contribution is -2.60. The van der Waals surface area contributed by atoms with Crippen molar-refractivity contribution < 1.29 is 39.8 Å². The van der Waals surface area contributed by atoms with E-state index in [9.17, 15) is 30.3 Å². The van der Waals surface area contributed by atoms with Gasteiger partial charge in [0, 0.05) is 6.42 Å². The summed E-state index contributed by atoms with van der Waals surface area (Å²) in [7, 11) is 0. The minimum absolute atomic E-state index is 0.174. The average molecular weight is 1000 g/mol. The molecule has 416 valence electrons. The van der Waals surface area contributed by atoms with Crippen molar-refractivity contribution in [3.63, 3.8) is 0 Å². The van der Waals surface area contributed by atoms with Crippen LogP contribution < -0.4 is 5.32 Å². The molecule has 1 heterocycles. The van der Waals surface area contributed by atoms with Gasteiger partial charge in [0.2, 0.25) is 5.91 Å². The number of amides is 1. The van der Waals surface area contributed by atoms with Gasteiger partial charge in [0.1, 0.15) is 24.4 Å². The first kappa shape index (κ1) is 67.2. The molecule has 0 aromatic heterocycles. The van der Waals surface area contributed by atoms with Crippen LogP contribution in [0.2, 0.25) is 0 Å². The Bertz CT molecular complexity index is 1250. The number of aliphatic hydroxyl groups excluding tert-OH is 5. The maximum atomic E-state index is 13.1. The summed E-state index contributed by atoms with van der Waals surface area (Å²) in [4.78, 5) is 13.1. The van der Waals surface area contributed by atoms with Crippen molar-refractivity contribution in [2.45, 2.75) is 326 Å². The maximum Gasteiger partial charge on any atom is 0.220 e. The number of rotatable bonds is 52. The highest BCUT2D eigenvalue weighted by molar-refractivity contribution is 5.76. The summed E-state index contributed by atoms with van der Waals surface area (Å²) in [6.45, 7) is 3.78. The number of hydrogen-bond acceptors (Lipinski definition) is 8. The van der Waals surface area contributed by atoms with E-state index in [0.29, 0.717) is 6.42 Å². The van der Waals surface area contributed by atoms with E-state index in [1.807, 2.05) is 6.08 Å². The van der Waals surface area contributed by atoms with Gasteiger partial charge < -0.3 is 40.3 Å². The number of aliphatic hydroxyl groups is 5. The smallest absolute Gasteiger partial charge is 0.220 e. The van der Waals surface area contributed by atoms with Crippen LogP contribution in [0.5, 0.6) is 0 Å². The van der Waals surface area contributed by atoms with Crippen LogP contribution in [0.1, 0.15) is 284 Å². The fraction of sp³-hybridized carbons (Fsp3) is 0.855. The standard InChI is InChI=1S/C62H115NO8/c1-3-5-7-9-11-13-15-17-19-20-21-22-23-24-25-26-27-28-29-30-31-32-33-34-35-36-38-40-42-44-46-48-50-52-58(66)63-55(54-70-62-61(69)60(68)59(67)57(53-64)71-62)56(65)51-49-47-45-43-41-39-37-18-16-14-12-10-8-6-4-2/h15,17,20-21,23-24,49,51,55-57,59-62,64-65,67-69H,3-14,16,18-19,22,25-48,50,52-54H2,1-2H3,(H,63,66)/b17-15-,21-20-,24-23-,51-49+. The van der Waals surface area contributed by atoms with Gasteiger partial charge in [-0.1, -0.05) is 268 Å². The molecular weight excluding hydrogens is 887 g/mol. The first-order chi connectivity index (χ1) is 34.8. The molecule has 7 unspecified atom stereocenters. The second-order valence-electron chi connectivity index (χ2n) is 21.1. The molecule has 0 spiro atoms. The Morgan fingerprint density at radius 2 is 0.831 bits per heavy atom. The number of carbonyl (C=O) groups is 1. The molecule has 0 radical (unpaired) electrons. The topological polar surface area (TPSA) is 149 Å². The van der Waals surface area contributed by atoms with Gasteiger partial charge in [-0.15, -0.1) is 0 Å². The molecule has 7 atom stereocenters. The van der Waals surface area contributed by atoms with Crippen molar-refractivity contribution in [1.29, 1.82) is 0 Å². The number of allylic oxidation sites excluding steroid dienone is 7. The van der Waals surface area contributed by atoms with Crippen molar-refractivity contribution in [3.8, 4) is 0 Å². The van der Waals surface area contributed by atoms with E-state index in [0.717, 1.165) is 51.4 Å². The van der Waals surface area contributed by atoms with E-state index in [1.54, 1.807) is 6.08 Å². The summed E-state index contributed by atoms with van der Waals surface area (Å²) >= 11 is 0. The predicted molar refractivity (Wildman–Crippen MR) is 299 cm³/mol. The number of ether oxygens (including phenoxy) is 2. The fourth-order valence-corrected chi connectivity index (χ4v) is 9.58. The minimum atomic E-state index is -1.57. The molecule has 0 aromatic carbocycles. The first-order valence-electron chi connectivity index (χ1n) is 30.4. The largest absolute Gasteiger partial charge is 0.394 e. The molecule has 71 heavy (non-hydrogen) atoms. The van der Waals surface area contributed by atoms with Gasteiger partial charge >= 0.3 is 0 Å². The number of carbonyl (C=O) groups excluding carboxylic acids is 1. The van der Waals surface area contributed by atoms with Crippen molar-refractivity contribution >= 4 is 5.91 Å². The van der Waals surface area contributed by atoms with Gasteiger partial charge in [-0.2, -0.15) is 0 Å². The zero-order valence-corrected chi connectivity index (χ0v) is 46.2. The third-order valence-electron chi connectivity index (χ3n) is 14.4. The molecule has 1 amide bonds. The van der Waals surface area contributed by atoms with Crippen molar-refractivity contribution in [3.05, 3.63) is 48.6 Å². The summed E-state index contributed by atoms with van der Waals surface area (Å²) < 4.78 is 11.3. The van der Waals surface area contributed by atoms with Gasteiger partial charge in [0.15, 0.2) is 6.29 Å². The SMILES string of the molecule is CCCCCCC/C=C\C/C=C\C/C=C\CCCCCCCCCCCCCCCCCCCCC(=O)NC(COC1OC(CO)C(O)C(O)C1O)C(O)/C=C/CCCCCCCCCCCCCCC. The Labute approximate surface area is 437 Å². The van der Waals surface area contributed by atoms with Crippen molar-refractivity contribution in [2.24, 2.45) is 0 Å². The number of unbranched alkanes of at least 4 members (excludes halogenated alkanes) is 36. The lowest BCUT2D eigenvalue weighted by Gasteiger charge is -2.40. The van der Waals surface area contributed by atoms with Gasteiger partial charge in [0.05, 0.1) is 25.4 Å². The monoisotopic (exact) mass is 1000 g/mol. The van der Waals surface area contributed by atoms with Crippen molar-refractivity contribution in [2.75, 3.05) is 13.2 Å². The summed E-state index contributed by atoms with van der Waals surface area (Å²) in [5.41, 5.74) is 0. The van der Waals surface area contributed by atoms with Crippen LogP contribution in [-0.2, 0) is 14.3 Å². The van der Waals surface area contributed by atoms with Crippen LogP contribution in [0.25, 0.3) is 0 Å². The average Bonchev–Trinajstić information content (AvgIpc) is 3.37. The van der Waals surface area contributed by atoms with E-state index in [-0.39, 0.29) is 12.5 Å². The van der Waals surface area contributed by atoms with Crippen LogP contribution in [0, 0.1) is 0 Å². The van der Waals surface area contributed by atoms with E-state index >= 15 is 0 Å². The molecule has 1 fully saturated rings. The Morgan fingerprint density at radius 1 is 0.479 bits per heavy atom. The molecule has 1 saturated heterocycles. The van der Waals surface area contributed by atoms with Crippen LogP contribution >= 0.6 is 0 Å². The molecule has 1 rings (SSSR count). The zero-order chi connectivity index (χ0) is 51.5. The zero-order valence-electron chi connectivity index (χ0n) is 46.2. The summed E-state index contributed by atoms with van der Waals surface area (Å²) in [5, 5.41) is 54.5. The Balaban J connectivity index is 2.12. The first-order valence-corrected chi connectivity index (χ1v) is 30.4. The normalized spacial score (nSPS) is 19.6. The minimum Gasteiger partial charge on any atom is -0.394 e. The lowest BCUT2D eigenvalue weighted by atomic mass is 9.99. The molecule has 9 heteroatoms. The van der Waals surface area contributed by atoms with Crippen LogP contribution in [0.3, 0.4) is 0 Å². The predicted octanol–water partition coefficient (Wildman–Crippen LogP) is 15.3. The highest BCUT2D eigenvalue weighted by atomic mass is 16.7. The van der Waals surface area contributed by atoms with Gasteiger partial charge in [0.25, 0.3) is 0 Å². The van der Waals surface area contributed by atoms with Crippen molar-refractivity contribution in [1.82, 2.24) is 5.32 Å². The van der Waals surface area contributed by atoms with Gasteiger partial charge in [-0.25, -0.2) is 0 Å². The summed E-state index contributed by atoms with van der Waals surface area (Å²) in [5.74, 6) is -0.174. The number of hydrogen-bond donors (Lipinski definition) is 6. The molecule has 6 N–H and O–H groups in total.